The first-order chi connectivity index (χ1) is 15.3. The molecule has 2 heterocycles. The minimum absolute atomic E-state index is 0.0766. The first-order valence-corrected chi connectivity index (χ1v) is 10.4. The number of carbonyl (C=O) groups excluding carboxylic acids is 3. The van der Waals surface area contributed by atoms with Crippen molar-refractivity contribution in [1.82, 2.24) is 20.0 Å². The van der Waals surface area contributed by atoms with E-state index >= 15 is 0 Å². The van der Waals surface area contributed by atoms with Gasteiger partial charge >= 0.3 is 6.03 Å². The number of carbonyl (C=O) groups is 3. The van der Waals surface area contributed by atoms with Crippen molar-refractivity contribution >= 4 is 23.9 Å². The molecule has 162 valence electrons. The number of hydrogen-bond acceptors (Lipinski definition) is 4. The van der Waals surface area contributed by atoms with Crippen LogP contribution in [0.2, 0.25) is 0 Å². The number of urea groups is 1. The SMILES string of the molecule is Cc1ccc(-n2nc(C)c(/C=C3\C(=O)NC(=O)N(CCc4ccccc4)C3=O)c2C)cc1. The third-order valence-electron chi connectivity index (χ3n) is 5.57. The zero-order chi connectivity index (χ0) is 22.8. The maximum atomic E-state index is 13.1. The van der Waals surface area contributed by atoms with Crippen LogP contribution in [0, 0.1) is 20.8 Å². The van der Waals surface area contributed by atoms with Gasteiger partial charge in [-0.15, -0.1) is 0 Å². The van der Waals surface area contributed by atoms with Crippen molar-refractivity contribution in [3.05, 3.63) is 88.2 Å². The molecule has 1 aliphatic heterocycles. The molecule has 2 aromatic carbocycles. The molecule has 0 unspecified atom stereocenters. The van der Waals surface area contributed by atoms with E-state index in [0.717, 1.165) is 27.4 Å². The summed E-state index contributed by atoms with van der Waals surface area (Å²) in [5.74, 6) is -1.30. The predicted octanol–water partition coefficient (Wildman–Crippen LogP) is 3.50. The summed E-state index contributed by atoms with van der Waals surface area (Å²) in [5.41, 5.74) is 5.12. The van der Waals surface area contributed by atoms with Crippen molar-refractivity contribution < 1.29 is 14.4 Å². The van der Waals surface area contributed by atoms with E-state index in [1.54, 1.807) is 4.68 Å². The van der Waals surface area contributed by atoms with Crippen molar-refractivity contribution in [2.75, 3.05) is 6.54 Å². The van der Waals surface area contributed by atoms with E-state index in [4.69, 9.17) is 0 Å². The molecule has 1 N–H and O–H groups in total. The van der Waals surface area contributed by atoms with Gasteiger partial charge in [-0.2, -0.15) is 5.10 Å². The second-order valence-corrected chi connectivity index (χ2v) is 7.84. The van der Waals surface area contributed by atoms with Gasteiger partial charge in [0.2, 0.25) is 0 Å². The smallest absolute Gasteiger partial charge is 0.273 e. The Morgan fingerprint density at radius 3 is 2.31 bits per heavy atom. The molecule has 0 atom stereocenters. The van der Waals surface area contributed by atoms with Crippen LogP contribution in [0.15, 0.2) is 60.2 Å². The van der Waals surface area contributed by atoms with Crippen LogP contribution in [-0.2, 0) is 16.0 Å². The minimum Gasteiger partial charge on any atom is -0.273 e. The van der Waals surface area contributed by atoms with Gasteiger partial charge in [-0.25, -0.2) is 9.48 Å². The van der Waals surface area contributed by atoms with Crippen LogP contribution in [0.3, 0.4) is 0 Å². The Kier molecular flexibility index (Phi) is 5.73. The molecule has 1 aromatic heterocycles. The Morgan fingerprint density at radius 1 is 0.938 bits per heavy atom. The highest BCUT2D eigenvalue weighted by atomic mass is 16.2. The summed E-state index contributed by atoms with van der Waals surface area (Å²) in [6, 6.07) is 16.8. The second kappa shape index (κ2) is 8.63. The van der Waals surface area contributed by atoms with Crippen molar-refractivity contribution in [2.24, 2.45) is 0 Å². The average Bonchev–Trinajstić information content (AvgIpc) is 3.05. The lowest BCUT2D eigenvalue weighted by molar-refractivity contribution is -0.130. The topological polar surface area (TPSA) is 84.3 Å². The molecule has 0 spiro atoms. The van der Waals surface area contributed by atoms with Crippen molar-refractivity contribution in [2.45, 2.75) is 27.2 Å². The molecule has 32 heavy (non-hydrogen) atoms. The van der Waals surface area contributed by atoms with Gasteiger partial charge in [0, 0.05) is 17.8 Å². The number of benzene rings is 2. The first kappa shape index (κ1) is 21.2. The van der Waals surface area contributed by atoms with E-state index in [1.807, 2.05) is 75.4 Å². The normalized spacial score (nSPS) is 15.4. The Balaban J connectivity index is 1.64. The Morgan fingerprint density at radius 2 is 1.62 bits per heavy atom. The monoisotopic (exact) mass is 428 g/mol. The molecule has 1 fully saturated rings. The molecule has 0 radical (unpaired) electrons. The maximum absolute atomic E-state index is 13.1. The number of amides is 4. The van der Waals surface area contributed by atoms with Gasteiger partial charge in [-0.1, -0.05) is 48.0 Å². The number of rotatable bonds is 5. The highest BCUT2D eigenvalue weighted by Gasteiger charge is 2.35. The lowest BCUT2D eigenvalue weighted by atomic mass is 10.1. The van der Waals surface area contributed by atoms with Gasteiger partial charge < -0.3 is 0 Å². The number of barbiturate groups is 1. The van der Waals surface area contributed by atoms with E-state index in [-0.39, 0.29) is 12.1 Å². The van der Waals surface area contributed by atoms with E-state index in [2.05, 4.69) is 10.4 Å². The molecular formula is C25H24N4O3. The summed E-state index contributed by atoms with van der Waals surface area (Å²) < 4.78 is 1.78. The molecule has 1 aliphatic rings. The Hall–Kier alpha value is -4.00. The standard InChI is InChI=1S/C25H24N4O3/c1-16-9-11-20(12-10-16)29-18(3)21(17(2)27-29)15-22-23(30)26-25(32)28(24(22)31)14-13-19-7-5-4-6-8-19/h4-12,15H,13-14H2,1-3H3,(H,26,30,32)/b22-15+. The van der Waals surface area contributed by atoms with Crippen molar-refractivity contribution in [1.29, 1.82) is 0 Å². The van der Waals surface area contributed by atoms with Crippen molar-refractivity contribution in [3.63, 3.8) is 0 Å². The van der Waals surface area contributed by atoms with Gasteiger partial charge in [-0.3, -0.25) is 19.8 Å². The number of imide groups is 2. The van der Waals surface area contributed by atoms with Gasteiger partial charge in [0.1, 0.15) is 5.57 Å². The summed E-state index contributed by atoms with van der Waals surface area (Å²) in [6.07, 6.45) is 2.03. The van der Waals surface area contributed by atoms with Crippen LogP contribution in [0.4, 0.5) is 4.79 Å². The fourth-order valence-electron chi connectivity index (χ4n) is 3.73. The van der Waals surface area contributed by atoms with E-state index in [0.29, 0.717) is 17.7 Å². The third-order valence-corrected chi connectivity index (χ3v) is 5.57. The summed E-state index contributed by atoms with van der Waals surface area (Å²) >= 11 is 0. The quantitative estimate of drug-likeness (QED) is 0.498. The fourth-order valence-corrected chi connectivity index (χ4v) is 3.73. The number of aryl methyl sites for hydroxylation is 2. The molecule has 1 saturated heterocycles. The molecule has 7 nitrogen and oxygen atoms in total. The predicted molar refractivity (Wildman–Crippen MR) is 121 cm³/mol. The van der Waals surface area contributed by atoms with Gasteiger partial charge in [0.15, 0.2) is 0 Å². The van der Waals surface area contributed by atoms with E-state index < -0.39 is 17.8 Å². The molecule has 0 saturated carbocycles. The number of nitrogens with one attached hydrogen (secondary N) is 1. The average molecular weight is 428 g/mol. The number of hydrogen-bond donors (Lipinski definition) is 1. The summed E-state index contributed by atoms with van der Waals surface area (Å²) in [4.78, 5) is 39.0. The zero-order valence-corrected chi connectivity index (χ0v) is 18.3. The molecule has 4 rings (SSSR count). The number of aromatic nitrogens is 2. The van der Waals surface area contributed by atoms with Crippen LogP contribution in [0.1, 0.15) is 28.1 Å². The molecule has 0 aliphatic carbocycles. The van der Waals surface area contributed by atoms with Gasteiger partial charge in [0.05, 0.1) is 11.4 Å². The summed E-state index contributed by atoms with van der Waals surface area (Å²) in [6.45, 7) is 5.91. The lowest BCUT2D eigenvalue weighted by Crippen LogP contribution is -2.54. The maximum Gasteiger partial charge on any atom is 0.331 e. The highest BCUT2D eigenvalue weighted by molar-refractivity contribution is 6.31. The lowest BCUT2D eigenvalue weighted by Gasteiger charge is -2.26. The zero-order valence-electron chi connectivity index (χ0n) is 18.3. The minimum atomic E-state index is -0.697. The molecule has 0 bridgehead atoms. The highest BCUT2D eigenvalue weighted by Crippen LogP contribution is 2.23. The second-order valence-electron chi connectivity index (χ2n) is 7.84. The largest absolute Gasteiger partial charge is 0.331 e. The third kappa shape index (κ3) is 4.09. The van der Waals surface area contributed by atoms with E-state index in [1.165, 1.54) is 6.08 Å². The van der Waals surface area contributed by atoms with Gasteiger partial charge in [-0.05, 0) is 51.0 Å². The van der Waals surface area contributed by atoms with Crippen molar-refractivity contribution in [3.8, 4) is 5.69 Å². The number of nitrogens with zero attached hydrogens (tertiary/aromatic N) is 3. The van der Waals surface area contributed by atoms with Crippen LogP contribution in [0.5, 0.6) is 0 Å². The molecule has 3 aromatic rings. The van der Waals surface area contributed by atoms with Crippen LogP contribution >= 0.6 is 0 Å². The summed E-state index contributed by atoms with van der Waals surface area (Å²) in [7, 11) is 0. The summed E-state index contributed by atoms with van der Waals surface area (Å²) in [5, 5.41) is 6.87. The fraction of sp³-hybridized carbons (Fsp3) is 0.200. The van der Waals surface area contributed by atoms with Crippen LogP contribution < -0.4 is 5.32 Å². The Labute approximate surface area is 186 Å². The van der Waals surface area contributed by atoms with Crippen LogP contribution in [0.25, 0.3) is 11.8 Å². The molecular weight excluding hydrogens is 404 g/mol. The Bertz CT molecular complexity index is 1220. The first-order valence-electron chi connectivity index (χ1n) is 10.4. The molecule has 4 amide bonds. The van der Waals surface area contributed by atoms with E-state index in [9.17, 15) is 14.4 Å². The molecule has 7 heteroatoms. The van der Waals surface area contributed by atoms with Gasteiger partial charge in [0.25, 0.3) is 11.8 Å². The van der Waals surface area contributed by atoms with Crippen LogP contribution in [-0.4, -0.2) is 39.1 Å².